The monoisotopic (exact) mass is 286 g/mol. The average molecular weight is 286 g/mol. The molecule has 0 unspecified atom stereocenters. The predicted molar refractivity (Wildman–Crippen MR) is 84.8 cm³/mol. The van der Waals surface area contributed by atoms with Gasteiger partial charge in [0.25, 0.3) is 0 Å². The van der Waals surface area contributed by atoms with Gasteiger partial charge in [-0.2, -0.15) is 0 Å². The fraction of sp³-hybridized carbons (Fsp3) is 0.188. The van der Waals surface area contributed by atoms with E-state index < -0.39 is 0 Å². The van der Waals surface area contributed by atoms with Gasteiger partial charge in [-0.1, -0.05) is 17.7 Å². The smallest absolute Gasteiger partial charge is 0.122 e. The Morgan fingerprint density at radius 1 is 1.25 bits per heavy atom. The molecule has 0 atom stereocenters. The lowest BCUT2D eigenvalue weighted by Crippen LogP contribution is -2.11. The van der Waals surface area contributed by atoms with Gasteiger partial charge in [0, 0.05) is 21.8 Å². The minimum absolute atomic E-state index is 0.0782. The van der Waals surface area contributed by atoms with Crippen LogP contribution >= 0.6 is 11.8 Å². The number of aryl methyl sites for hydroxylation is 1. The molecule has 0 saturated heterocycles. The molecule has 0 aliphatic carbocycles. The van der Waals surface area contributed by atoms with E-state index in [2.05, 4.69) is 31.2 Å². The molecule has 20 heavy (non-hydrogen) atoms. The molecule has 0 aromatic heterocycles. The van der Waals surface area contributed by atoms with Gasteiger partial charge < -0.3 is 10.5 Å². The number of nitrogens with one attached hydrogen (secondary N) is 1. The van der Waals surface area contributed by atoms with Crippen molar-refractivity contribution in [1.29, 1.82) is 5.41 Å². The molecule has 2 rings (SSSR count). The summed E-state index contributed by atoms with van der Waals surface area (Å²) in [5.74, 6) is 1.69. The van der Waals surface area contributed by atoms with Crippen molar-refractivity contribution in [2.75, 3.05) is 7.11 Å². The van der Waals surface area contributed by atoms with Crippen molar-refractivity contribution in [3.05, 3.63) is 59.2 Å². The second kappa shape index (κ2) is 6.48. The quantitative estimate of drug-likeness (QED) is 0.502. The summed E-state index contributed by atoms with van der Waals surface area (Å²) >= 11 is 1.75. The van der Waals surface area contributed by atoms with Crippen LogP contribution in [-0.4, -0.2) is 12.9 Å². The van der Waals surface area contributed by atoms with Crippen LogP contribution in [0.3, 0.4) is 0 Å². The van der Waals surface area contributed by atoms with Gasteiger partial charge in [0.1, 0.15) is 11.6 Å². The number of thioether (sulfide) groups is 1. The van der Waals surface area contributed by atoms with Crippen LogP contribution in [0.2, 0.25) is 0 Å². The SMILES string of the molecule is COc1ccc(C(=N)N)cc1CSc1cccc(C)c1. The van der Waals surface area contributed by atoms with E-state index in [1.54, 1.807) is 18.9 Å². The van der Waals surface area contributed by atoms with Crippen molar-refractivity contribution in [3.63, 3.8) is 0 Å². The normalized spacial score (nSPS) is 10.3. The zero-order valence-corrected chi connectivity index (χ0v) is 12.5. The van der Waals surface area contributed by atoms with E-state index in [0.29, 0.717) is 0 Å². The minimum atomic E-state index is 0.0782. The summed E-state index contributed by atoms with van der Waals surface area (Å²) in [6.07, 6.45) is 0. The fourth-order valence-electron chi connectivity index (χ4n) is 1.93. The standard InChI is InChI=1S/C16H18N2OS/c1-11-4-3-5-14(8-11)20-10-13-9-12(16(17)18)6-7-15(13)19-2/h3-9H,10H2,1-2H3,(H3,17,18). The first-order chi connectivity index (χ1) is 9.60. The van der Waals surface area contributed by atoms with Crippen molar-refractivity contribution >= 4 is 17.6 Å². The molecule has 4 heteroatoms. The Kier molecular flexibility index (Phi) is 4.69. The second-order valence-electron chi connectivity index (χ2n) is 4.55. The third kappa shape index (κ3) is 3.54. The van der Waals surface area contributed by atoms with Crippen LogP contribution in [-0.2, 0) is 5.75 Å². The highest BCUT2D eigenvalue weighted by Gasteiger charge is 2.07. The first-order valence-corrected chi connectivity index (χ1v) is 7.29. The molecule has 0 amide bonds. The molecule has 0 saturated carbocycles. The Hall–Kier alpha value is -1.94. The molecule has 3 nitrogen and oxygen atoms in total. The van der Waals surface area contributed by atoms with Crippen LogP contribution < -0.4 is 10.5 Å². The van der Waals surface area contributed by atoms with Gasteiger partial charge in [-0.15, -0.1) is 11.8 Å². The number of hydrogen-bond donors (Lipinski definition) is 2. The molecule has 2 aromatic carbocycles. The van der Waals surface area contributed by atoms with Gasteiger partial charge in [0.15, 0.2) is 0 Å². The van der Waals surface area contributed by atoms with E-state index in [4.69, 9.17) is 15.9 Å². The molecule has 104 valence electrons. The van der Waals surface area contributed by atoms with E-state index >= 15 is 0 Å². The zero-order valence-electron chi connectivity index (χ0n) is 11.6. The van der Waals surface area contributed by atoms with Crippen LogP contribution in [0.4, 0.5) is 0 Å². The summed E-state index contributed by atoms with van der Waals surface area (Å²) in [7, 11) is 1.66. The highest BCUT2D eigenvalue weighted by molar-refractivity contribution is 7.98. The van der Waals surface area contributed by atoms with Gasteiger partial charge in [-0.3, -0.25) is 5.41 Å². The Morgan fingerprint density at radius 2 is 2.05 bits per heavy atom. The first kappa shape index (κ1) is 14.5. The number of benzene rings is 2. The van der Waals surface area contributed by atoms with E-state index in [-0.39, 0.29) is 5.84 Å². The number of amidine groups is 1. The summed E-state index contributed by atoms with van der Waals surface area (Å²) < 4.78 is 5.37. The molecule has 0 spiro atoms. The van der Waals surface area contributed by atoms with Crippen LogP contribution in [0.15, 0.2) is 47.4 Å². The third-order valence-electron chi connectivity index (χ3n) is 2.98. The maximum absolute atomic E-state index is 7.51. The molecule has 0 radical (unpaired) electrons. The first-order valence-electron chi connectivity index (χ1n) is 6.31. The number of methoxy groups -OCH3 is 1. The zero-order chi connectivity index (χ0) is 14.5. The van der Waals surface area contributed by atoms with Crippen molar-refractivity contribution in [2.24, 2.45) is 5.73 Å². The lowest BCUT2D eigenvalue weighted by atomic mass is 10.1. The Balaban J connectivity index is 2.19. The van der Waals surface area contributed by atoms with E-state index in [0.717, 1.165) is 22.6 Å². The van der Waals surface area contributed by atoms with Crippen molar-refractivity contribution in [3.8, 4) is 5.75 Å². The lowest BCUT2D eigenvalue weighted by Gasteiger charge is -2.10. The summed E-state index contributed by atoms with van der Waals surface area (Å²) in [5.41, 5.74) is 8.56. The van der Waals surface area contributed by atoms with E-state index in [9.17, 15) is 0 Å². The summed E-state index contributed by atoms with van der Waals surface area (Å²) in [5, 5.41) is 7.51. The maximum atomic E-state index is 7.51. The minimum Gasteiger partial charge on any atom is -0.496 e. The average Bonchev–Trinajstić information content (AvgIpc) is 2.44. The van der Waals surface area contributed by atoms with E-state index in [1.807, 2.05) is 18.2 Å². The van der Waals surface area contributed by atoms with Gasteiger partial charge in [0.05, 0.1) is 7.11 Å². The second-order valence-corrected chi connectivity index (χ2v) is 5.59. The number of hydrogen-bond acceptors (Lipinski definition) is 3. The summed E-state index contributed by atoms with van der Waals surface area (Å²) in [6.45, 7) is 2.08. The van der Waals surface area contributed by atoms with Crippen molar-refractivity contribution < 1.29 is 4.74 Å². The third-order valence-corrected chi connectivity index (χ3v) is 4.02. The number of ether oxygens (including phenoxy) is 1. The number of nitrogens with two attached hydrogens (primary N) is 1. The molecule has 0 bridgehead atoms. The van der Waals surface area contributed by atoms with Crippen LogP contribution in [0.5, 0.6) is 5.75 Å². The van der Waals surface area contributed by atoms with Crippen LogP contribution in [0, 0.1) is 12.3 Å². The Labute approximate surface area is 123 Å². The molecule has 0 aliphatic rings. The highest BCUT2D eigenvalue weighted by atomic mass is 32.2. The van der Waals surface area contributed by atoms with Crippen LogP contribution in [0.1, 0.15) is 16.7 Å². The van der Waals surface area contributed by atoms with Gasteiger partial charge in [0.2, 0.25) is 0 Å². The Morgan fingerprint density at radius 3 is 2.70 bits per heavy atom. The maximum Gasteiger partial charge on any atom is 0.122 e. The number of rotatable bonds is 5. The topological polar surface area (TPSA) is 59.1 Å². The molecular weight excluding hydrogens is 268 g/mol. The predicted octanol–water partition coefficient (Wildman–Crippen LogP) is 3.58. The summed E-state index contributed by atoms with van der Waals surface area (Å²) in [4.78, 5) is 1.22. The van der Waals surface area contributed by atoms with Crippen molar-refractivity contribution in [1.82, 2.24) is 0 Å². The largest absolute Gasteiger partial charge is 0.496 e. The number of nitrogen functional groups attached to an aromatic ring is 1. The molecular formula is C16H18N2OS. The van der Waals surface area contributed by atoms with Gasteiger partial charge in [-0.25, -0.2) is 0 Å². The lowest BCUT2D eigenvalue weighted by molar-refractivity contribution is 0.411. The van der Waals surface area contributed by atoms with Crippen LogP contribution in [0.25, 0.3) is 0 Å². The van der Waals surface area contributed by atoms with E-state index in [1.165, 1.54) is 10.5 Å². The van der Waals surface area contributed by atoms with Gasteiger partial charge in [-0.05, 0) is 37.3 Å². The molecule has 3 N–H and O–H groups in total. The Bertz CT molecular complexity index is 626. The molecule has 0 fully saturated rings. The van der Waals surface area contributed by atoms with Crippen molar-refractivity contribution in [2.45, 2.75) is 17.6 Å². The van der Waals surface area contributed by atoms with Gasteiger partial charge >= 0.3 is 0 Å². The molecule has 2 aromatic rings. The molecule has 0 aliphatic heterocycles. The fourth-order valence-corrected chi connectivity index (χ4v) is 2.92. The summed E-state index contributed by atoms with van der Waals surface area (Å²) in [6, 6.07) is 14.0. The molecule has 0 heterocycles. The highest BCUT2D eigenvalue weighted by Crippen LogP contribution is 2.29.